The molecule has 1 fully saturated rings. The van der Waals surface area contributed by atoms with Crippen LogP contribution >= 0.6 is 0 Å². The molecule has 372 valence electrons. The third kappa shape index (κ3) is 58.0. The van der Waals surface area contributed by atoms with Gasteiger partial charge in [0.15, 0.2) is 0 Å². The van der Waals surface area contributed by atoms with Gasteiger partial charge in [-0.25, -0.2) is 0 Å². The van der Waals surface area contributed by atoms with Gasteiger partial charge in [0, 0.05) is 46.1 Å². The Hall–Kier alpha value is -2.00. The monoisotopic (exact) mass is 886 g/mol. The molecule has 0 N–H and O–H groups in total. The summed E-state index contributed by atoms with van der Waals surface area (Å²) in [6, 6.07) is 0. The number of carbonyl (C=O) groups is 4. The second kappa shape index (κ2) is 57.0. The van der Waals surface area contributed by atoms with E-state index in [0.29, 0.717) is 38.9 Å². The highest BCUT2D eigenvalue weighted by Crippen LogP contribution is 2.22. The Balaban J connectivity index is -0.000000384. The summed E-state index contributed by atoms with van der Waals surface area (Å²) in [6.45, 7) is 27.0. The van der Waals surface area contributed by atoms with Gasteiger partial charge in [-0.05, 0) is 88.5 Å². The van der Waals surface area contributed by atoms with E-state index in [1.54, 1.807) is 0 Å². The van der Waals surface area contributed by atoms with E-state index in [9.17, 15) is 19.2 Å². The van der Waals surface area contributed by atoms with Crippen LogP contribution in [0.3, 0.4) is 0 Å². The number of likely N-dealkylation sites (tertiary alicyclic amines) is 1. The largest absolute Gasteiger partial charge is 0.468 e. The van der Waals surface area contributed by atoms with Crippen LogP contribution in [0.1, 0.15) is 249 Å². The fourth-order valence-corrected chi connectivity index (χ4v) is 6.88. The van der Waals surface area contributed by atoms with Crippen molar-refractivity contribution >= 4 is 24.7 Å². The lowest BCUT2D eigenvalue weighted by molar-refractivity contribution is -0.148. The number of ether oxygens (including phenoxy) is 4. The molecule has 0 spiro atoms. The number of unbranched alkanes of at least 4 members (excludes halogenated alkanes) is 13. The standard InChI is InChI=1S/C16H29NO3.C16H30O4.C15H32O.C4H10.C2H6/c1-2-9-16(19)20-15-10-12-17(14-15)11-7-5-3-4-6-8-13-18;1-3-15(2)10-9-13-20-16(18)11-7-5-4-6-8-12-19-14-17;1-4-6-8-11-15(12-9-7-5-2)13-10-14-16-3;1-4(2)3;1-2/h13,15H,2-12,14H2,1H3;14-15H,3-13H2,1-2H3;15H,4-14H2,1-3H3;4H,1-3H3;1-2H3. The van der Waals surface area contributed by atoms with E-state index in [-0.39, 0.29) is 18.0 Å². The molecule has 0 aromatic rings. The summed E-state index contributed by atoms with van der Waals surface area (Å²) in [5.74, 6) is 2.40. The molecule has 62 heavy (non-hydrogen) atoms. The first-order valence-corrected chi connectivity index (χ1v) is 26.1. The molecule has 0 aromatic carbocycles. The molecule has 0 radical (unpaired) electrons. The molecule has 0 aliphatic carbocycles. The zero-order chi connectivity index (χ0) is 47.3. The van der Waals surface area contributed by atoms with Crippen LogP contribution in [0.25, 0.3) is 0 Å². The van der Waals surface area contributed by atoms with Gasteiger partial charge in [-0.2, -0.15) is 0 Å². The number of nitrogens with zero attached hydrogens (tertiary/aromatic N) is 1. The maximum atomic E-state index is 11.5. The number of carbonyl (C=O) groups excluding carboxylic acids is 4. The third-order valence-corrected chi connectivity index (χ3v) is 10.7. The Morgan fingerprint density at radius 3 is 1.76 bits per heavy atom. The summed E-state index contributed by atoms with van der Waals surface area (Å²) >= 11 is 0. The smallest absolute Gasteiger partial charge is 0.306 e. The fourth-order valence-electron chi connectivity index (χ4n) is 6.88. The van der Waals surface area contributed by atoms with Crippen LogP contribution in [0.5, 0.6) is 0 Å². The summed E-state index contributed by atoms with van der Waals surface area (Å²) in [7, 11) is 1.81. The van der Waals surface area contributed by atoms with Crippen molar-refractivity contribution in [3.8, 4) is 0 Å². The average molecular weight is 886 g/mol. The number of methoxy groups -OCH3 is 1. The Morgan fingerprint density at radius 2 is 1.19 bits per heavy atom. The summed E-state index contributed by atoms with van der Waals surface area (Å²) in [5.41, 5.74) is 0. The number of hydrogen-bond acceptors (Lipinski definition) is 9. The van der Waals surface area contributed by atoms with Crippen molar-refractivity contribution in [1.29, 1.82) is 0 Å². The number of esters is 2. The van der Waals surface area contributed by atoms with Crippen LogP contribution in [-0.4, -0.2) is 82.3 Å². The summed E-state index contributed by atoms with van der Waals surface area (Å²) in [4.78, 5) is 45.4. The van der Waals surface area contributed by atoms with E-state index in [0.717, 1.165) is 121 Å². The number of aldehydes is 1. The number of hydrogen-bond donors (Lipinski definition) is 0. The molecule has 1 aliphatic heterocycles. The molecule has 1 saturated heterocycles. The maximum Gasteiger partial charge on any atom is 0.306 e. The highest BCUT2D eigenvalue weighted by molar-refractivity contribution is 5.69. The molecule has 1 rings (SSSR count). The van der Waals surface area contributed by atoms with E-state index in [1.165, 1.54) is 89.9 Å². The normalized spacial score (nSPS) is 13.6. The van der Waals surface area contributed by atoms with Crippen LogP contribution < -0.4 is 0 Å². The lowest BCUT2D eigenvalue weighted by Gasteiger charge is -2.16. The molecule has 9 nitrogen and oxygen atoms in total. The van der Waals surface area contributed by atoms with Gasteiger partial charge in [-0.1, -0.05) is 166 Å². The van der Waals surface area contributed by atoms with Crippen molar-refractivity contribution in [1.82, 2.24) is 4.90 Å². The molecule has 2 unspecified atom stereocenters. The van der Waals surface area contributed by atoms with Crippen molar-refractivity contribution in [3.63, 3.8) is 0 Å². The van der Waals surface area contributed by atoms with Crippen LogP contribution in [-0.2, 0) is 38.1 Å². The van der Waals surface area contributed by atoms with Gasteiger partial charge in [0.05, 0.1) is 13.2 Å². The van der Waals surface area contributed by atoms with Crippen molar-refractivity contribution < 1.29 is 38.1 Å². The van der Waals surface area contributed by atoms with Crippen molar-refractivity contribution in [2.45, 2.75) is 255 Å². The molecule has 0 saturated carbocycles. The Bertz CT molecular complexity index is 874. The summed E-state index contributed by atoms with van der Waals surface area (Å²) in [6.07, 6.45) is 32.7. The van der Waals surface area contributed by atoms with Gasteiger partial charge >= 0.3 is 11.9 Å². The second-order valence-corrected chi connectivity index (χ2v) is 17.8. The summed E-state index contributed by atoms with van der Waals surface area (Å²) < 4.78 is 20.4. The van der Waals surface area contributed by atoms with Crippen LogP contribution in [0.2, 0.25) is 0 Å². The van der Waals surface area contributed by atoms with E-state index in [4.69, 9.17) is 14.2 Å². The second-order valence-electron chi connectivity index (χ2n) is 17.8. The quantitative estimate of drug-likeness (QED) is 0.0261. The molecule has 9 heteroatoms. The van der Waals surface area contributed by atoms with E-state index >= 15 is 0 Å². The molecule has 2 atom stereocenters. The Kier molecular flexibility index (Phi) is 61.2. The van der Waals surface area contributed by atoms with Gasteiger partial charge in [0.1, 0.15) is 12.4 Å². The van der Waals surface area contributed by atoms with Gasteiger partial charge in [0.25, 0.3) is 6.47 Å². The average Bonchev–Trinajstić information content (AvgIpc) is 3.70. The van der Waals surface area contributed by atoms with E-state index in [1.807, 2.05) is 27.9 Å². The predicted molar refractivity (Wildman–Crippen MR) is 264 cm³/mol. The highest BCUT2D eigenvalue weighted by atomic mass is 16.5. The van der Waals surface area contributed by atoms with E-state index < -0.39 is 0 Å². The topological polar surface area (TPSA) is 108 Å². The van der Waals surface area contributed by atoms with Crippen molar-refractivity contribution in [2.75, 3.05) is 46.6 Å². The third-order valence-electron chi connectivity index (χ3n) is 10.7. The minimum Gasteiger partial charge on any atom is -0.468 e. The maximum absolute atomic E-state index is 11.5. The first-order valence-electron chi connectivity index (χ1n) is 26.1. The van der Waals surface area contributed by atoms with E-state index in [2.05, 4.69) is 58.1 Å². The van der Waals surface area contributed by atoms with Gasteiger partial charge < -0.3 is 23.7 Å². The Morgan fingerprint density at radius 1 is 0.629 bits per heavy atom. The minimum atomic E-state index is -0.0709. The molecular formula is C53H107NO8. The van der Waals surface area contributed by atoms with Gasteiger partial charge in [-0.3, -0.25) is 19.3 Å². The molecule has 1 heterocycles. The zero-order valence-electron chi connectivity index (χ0n) is 43.2. The fraction of sp³-hybridized carbons (Fsp3) is 0.925. The number of rotatable bonds is 37. The first-order chi connectivity index (χ1) is 30.0. The molecule has 1 aliphatic rings. The predicted octanol–water partition coefficient (Wildman–Crippen LogP) is 14.7. The van der Waals surface area contributed by atoms with Crippen molar-refractivity contribution in [3.05, 3.63) is 0 Å². The van der Waals surface area contributed by atoms with Gasteiger partial charge in [-0.15, -0.1) is 0 Å². The molecular weight excluding hydrogens is 779 g/mol. The molecule has 0 bridgehead atoms. The van der Waals surface area contributed by atoms with Crippen LogP contribution in [0.4, 0.5) is 0 Å². The summed E-state index contributed by atoms with van der Waals surface area (Å²) in [5, 5.41) is 0. The van der Waals surface area contributed by atoms with Gasteiger partial charge in [0.2, 0.25) is 0 Å². The lowest BCUT2D eigenvalue weighted by Crippen LogP contribution is -2.25. The lowest BCUT2D eigenvalue weighted by atomic mass is 9.91. The molecule has 0 aromatic heterocycles. The SMILES string of the molecule is CC.CC(C)C.CCC(C)CCCOC(=O)CCCCCCCOC=O.CCCC(=O)OC1CCN(CCCCCCCC=O)C1.CCCCCC(CCCCC)CCCOC. The van der Waals surface area contributed by atoms with Crippen LogP contribution in [0, 0.1) is 17.8 Å². The Labute approximate surface area is 386 Å². The van der Waals surface area contributed by atoms with Crippen LogP contribution in [0.15, 0.2) is 0 Å². The zero-order valence-corrected chi connectivity index (χ0v) is 43.2. The minimum absolute atomic E-state index is 0.0467. The highest BCUT2D eigenvalue weighted by Gasteiger charge is 2.24. The molecule has 0 amide bonds. The van der Waals surface area contributed by atoms with Crippen molar-refractivity contribution in [2.24, 2.45) is 17.8 Å². The first kappa shape index (κ1) is 66.6.